The second kappa shape index (κ2) is 5.79. The van der Waals surface area contributed by atoms with Crippen LogP contribution >= 0.6 is 0 Å². The lowest BCUT2D eigenvalue weighted by Gasteiger charge is -2.05. The second-order valence-electron chi connectivity index (χ2n) is 3.07. The third kappa shape index (κ3) is 4.87. The summed E-state index contributed by atoms with van der Waals surface area (Å²) < 4.78 is 25.1. The lowest BCUT2D eigenvalue weighted by molar-refractivity contribution is 0.295. The molecule has 84 valence electrons. The first-order chi connectivity index (χ1) is 7.14. The fraction of sp³-hybridized carbons (Fsp3) is 0.444. The number of sulfonamides is 1. The molecule has 0 saturated heterocycles. The van der Waals surface area contributed by atoms with Crippen molar-refractivity contribution in [3.8, 4) is 0 Å². The minimum absolute atomic E-state index is 0.0470. The van der Waals surface area contributed by atoms with Gasteiger partial charge in [0.2, 0.25) is 10.0 Å². The molecule has 1 aromatic rings. The summed E-state index contributed by atoms with van der Waals surface area (Å²) in [5.41, 5.74) is 0.859. The van der Waals surface area contributed by atoms with Crippen LogP contribution in [0.5, 0.6) is 0 Å². The number of hydrogen-bond donors (Lipinski definition) is 2. The summed E-state index contributed by atoms with van der Waals surface area (Å²) in [6.45, 7) is 0.145. The maximum Gasteiger partial charge on any atom is 0.211 e. The van der Waals surface area contributed by atoms with Crippen molar-refractivity contribution in [2.75, 3.05) is 12.4 Å². The van der Waals surface area contributed by atoms with Gasteiger partial charge < -0.3 is 5.11 Å². The third-order valence-corrected chi connectivity index (χ3v) is 3.23. The predicted octanol–water partition coefficient (Wildman–Crippen LogP) is -0.117. The van der Waals surface area contributed by atoms with Crippen molar-refractivity contribution >= 4 is 10.0 Å². The van der Waals surface area contributed by atoms with Crippen LogP contribution in [0.1, 0.15) is 12.0 Å². The number of nitrogens with one attached hydrogen (secondary N) is 1. The quantitative estimate of drug-likeness (QED) is 0.714. The van der Waals surface area contributed by atoms with Crippen LogP contribution in [0, 0.1) is 0 Å². The van der Waals surface area contributed by atoms with E-state index in [1.807, 2.05) is 0 Å². The smallest absolute Gasteiger partial charge is 0.211 e. The molecule has 0 aromatic carbocycles. The molecule has 0 radical (unpaired) electrons. The number of aliphatic hydroxyl groups is 1. The molecule has 0 aliphatic carbocycles. The van der Waals surface area contributed by atoms with Gasteiger partial charge >= 0.3 is 0 Å². The van der Waals surface area contributed by atoms with E-state index in [9.17, 15) is 8.42 Å². The zero-order chi connectivity index (χ0) is 11.1. The zero-order valence-corrected chi connectivity index (χ0v) is 9.07. The van der Waals surface area contributed by atoms with Crippen LogP contribution < -0.4 is 4.72 Å². The minimum Gasteiger partial charge on any atom is -0.396 e. The van der Waals surface area contributed by atoms with Gasteiger partial charge in [-0.05, 0) is 24.1 Å². The summed E-state index contributed by atoms with van der Waals surface area (Å²) in [7, 11) is -3.27. The largest absolute Gasteiger partial charge is 0.396 e. The molecule has 0 saturated carbocycles. The van der Waals surface area contributed by atoms with E-state index in [4.69, 9.17) is 5.11 Å². The highest BCUT2D eigenvalue weighted by atomic mass is 32.2. The summed E-state index contributed by atoms with van der Waals surface area (Å²) in [6, 6.07) is 3.49. The first kappa shape index (κ1) is 12.1. The van der Waals surface area contributed by atoms with Crippen LogP contribution in [-0.4, -0.2) is 30.9 Å². The molecule has 1 heterocycles. The van der Waals surface area contributed by atoms with Crippen LogP contribution in [-0.2, 0) is 16.6 Å². The first-order valence-electron chi connectivity index (χ1n) is 4.61. The van der Waals surface area contributed by atoms with Gasteiger partial charge in [0.1, 0.15) is 0 Å². The monoisotopic (exact) mass is 230 g/mol. The Morgan fingerprint density at radius 3 is 2.60 bits per heavy atom. The van der Waals surface area contributed by atoms with Gasteiger partial charge in [-0.1, -0.05) is 0 Å². The van der Waals surface area contributed by atoms with Crippen LogP contribution in [0.25, 0.3) is 0 Å². The molecule has 1 rings (SSSR count). The standard InChI is InChI=1S/C9H14N2O3S/c12-6-1-7-15(13,14)11-8-9-2-4-10-5-3-9/h2-5,11-12H,1,6-8H2. The molecule has 1 aromatic heterocycles. The third-order valence-electron chi connectivity index (χ3n) is 1.82. The van der Waals surface area contributed by atoms with E-state index < -0.39 is 10.0 Å². The van der Waals surface area contributed by atoms with Gasteiger partial charge in [0, 0.05) is 25.5 Å². The molecular formula is C9H14N2O3S. The molecule has 5 nitrogen and oxygen atoms in total. The lowest BCUT2D eigenvalue weighted by Crippen LogP contribution is -2.26. The molecule has 0 atom stereocenters. The molecular weight excluding hydrogens is 216 g/mol. The SMILES string of the molecule is O=S(=O)(CCCO)NCc1ccncc1. The van der Waals surface area contributed by atoms with Crippen molar-refractivity contribution in [1.29, 1.82) is 0 Å². The summed E-state index contributed by atoms with van der Waals surface area (Å²) in [5, 5.41) is 8.51. The topological polar surface area (TPSA) is 79.3 Å². The Kier molecular flexibility index (Phi) is 4.67. The lowest BCUT2D eigenvalue weighted by atomic mass is 10.3. The molecule has 0 aliphatic rings. The van der Waals surface area contributed by atoms with Gasteiger partial charge in [-0.15, -0.1) is 0 Å². The molecule has 15 heavy (non-hydrogen) atoms. The number of nitrogens with zero attached hydrogens (tertiary/aromatic N) is 1. The molecule has 0 aliphatic heterocycles. The van der Waals surface area contributed by atoms with Gasteiger partial charge in [-0.3, -0.25) is 4.98 Å². The van der Waals surface area contributed by atoms with Crippen LogP contribution in [0.2, 0.25) is 0 Å². The fourth-order valence-corrected chi connectivity index (χ4v) is 2.06. The molecule has 0 fully saturated rings. The Morgan fingerprint density at radius 2 is 2.00 bits per heavy atom. The highest BCUT2D eigenvalue weighted by molar-refractivity contribution is 7.89. The maximum absolute atomic E-state index is 11.3. The van der Waals surface area contributed by atoms with Gasteiger partial charge in [0.25, 0.3) is 0 Å². The van der Waals surface area contributed by atoms with E-state index in [1.54, 1.807) is 24.5 Å². The number of rotatable bonds is 6. The van der Waals surface area contributed by atoms with E-state index in [1.165, 1.54) is 0 Å². The second-order valence-corrected chi connectivity index (χ2v) is 5.00. The van der Waals surface area contributed by atoms with Crippen LogP contribution in [0.15, 0.2) is 24.5 Å². The number of hydrogen-bond acceptors (Lipinski definition) is 4. The van der Waals surface area contributed by atoms with Gasteiger partial charge in [-0.25, -0.2) is 13.1 Å². The van der Waals surface area contributed by atoms with Crippen LogP contribution in [0.4, 0.5) is 0 Å². The van der Waals surface area contributed by atoms with Gasteiger partial charge in [-0.2, -0.15) is 0 Å². The molecule has 0 bridgehead atoms. The molecule has 0 amide bonds. The minimum atomic E-state index is -3.27. The number of pyridine rings is 1. The first-order valence-corrected chi connectivity index (χ1v) is 6.26. The molecule has 2 N–H and O–H groups in total. The van der Waals surface area contributed by atoms with E-state index in [2.05, 4.69) is 9.71 Å². The van der Waals surface area contributed by atoms with Crippen molar-refractivity contribution < 1.29 is 13.5 Å². The Hall–Kier alpha value is -0.980. The summed E-state index contributed by atoms with van der Waals surface area (Å²) in [6.07, 6.45) is 3.47. The zero-order valence-electron chi connectivity index (χ0n) is 8.26. The summed E-state index contributed by atoms with van der Waals surface area (Å²) in [5.74, 6) is -0.0470. The summed E-state index contributed by atoms with van der Waals surface area (Å²) >= 11 is 0. The Bertz CT molecular complexity index is 378. The highest BCUT2D eigenvalue weighted by Crippen LogP contribution is 1.97. The van der Waals surface area contributed by atoms with Crippen molar-refractivity contribution in [3.63, 3.8) is 0 Å². The van der Waals surface area contributed by atoms with Gasteiger partial charge in [0.15, 0.2) is 0 Å². The van der Waals surface area contributed by atoms with Crippen molar-refractivity contribution in [3.05, 3.63) is 30.1 Å². The van der Waals surface area contributed by atoms with Crippen molar-refractivity contribution in [2.24, 2.45) is 0 Å². The number of aliphatic hydroxyl groups excluding tert-OH is 1. The van der Waals surface area contributed by atoms with Crippen molar-refractivity contribution in [2.45, 2.75) is 13.0 Å². The molecule has 6 heteroatoms. The normalized spacial score (nSPS) is 11.5. The Balaban J connectivity index is 2.43. The van der Waals surface area contributed by atoms with Gasteiger partial charge in [0.05, 0.1) is 5.75 Å². The Morgan fingerprint density at radius 1 is 1.33 bits per heavy atom. The van der Waals surface area contributed by atoms with Crippen LogP contribution in [0.3, 0.4) is 0 Å². The molecule has 0 spiro atoms. The van der Waals surface area contributed by atoms with E-state index >= 15 is 0 Å². The average molecular weight is 230 g/mol. The van der Waals surface area contributed by atoms with E-state index in [-0.39, 0.29) is 25.3 Å². The number of aromatic nitrogens is 1. The fourth-order valence-electron chi connectivity index (χ4n) is 1.02. The summed E-state index contributed by atoms with van der Waals surface area (Å²) in [4.78, 5) is 3.83. The predicted molar refractivity (Wildman–Crippen MR) is 56.6 cm³/mol. The van der Waals surface area contributed by atoms with Crippen molar-refractivity contribution in [1.82, 2.24) is 9.71 Å². The maximum atomic E-state index is 11.3. The highest BCUT2D eigenvalue weighted by Gasteiger charge is 2.08. The molecule has 0 unspecified atom stereocenters. The Labute approximate surface area is 89.2 Å². The van der Waals surface area contributed by atoms with E-state index in [0.29, 0.717) is 0 Å². The van der Waals surface area contributed by atoms with E-state index in [0.717, 1.165) is 5.56 Å². The average Bonchev–Trinajstić information content (AvgIpc) is 2.25.